The molecule has 0 fully saturated rings. The summed E-state index contributed by atoms with van der Waals surface area (Å²) in [4.78, 5) is 14.4. The quantitative estimate of drug-likeness (QED) is 0.176. The molecule has 0 aliphatic carbocycles. The van der Waals surface area contributed by atoms with Crippen molar-refractivity contribution in [2.75, 3.05) is 0 Å². The Hall–Kier alpha value is -7.83. The summed E-state index contributed by atoms with van der Waals surface area (Å²) in [7, 11) is 0. The molecule has 0 saturated carbocycles. The molecule has 0 saturated heterocycles. The maximum Gasteiger partial charge on any atom is 0.240 e. The van der Waals surface area contributed by atoms with Crippen molar-refractivity contribution in [1.82, 2.24) is 24.1 Å². The maximum atomic E-state index is 9.17. The molecule has 6 heteroatoms. The van der Waals surface area contributed by atoms with Crippen LogP contribution in [0.5, 0.6) is 0 Å². The Balaban J connectivity index is 1.13. The van der Waals surface area contributed by atoms with Gasteiger partial charge in [-0.25, -0.2) is 0 Å². The van der Waals surface area contributed by atoms with Crippen LogP contribution in [0.3, 0.4) is 0 Å². The number of para-hydroxylation sites is 5. The van der Waals surface area contributed by atoms with Gasteiger partial charge in [-0.1, -0.05) is 139 Å². The SMILES string of the molecule is [2H]c1c([2H])c([2H])c2c(c1[2H])c1c([2H])c([2H])c([2H])c([2H])c1n2-c1nc(-c2ccc(-c3cccc(-c4ccc5c(c4)oc4ccccc45)c3)cc2)nc(-n2c3c([2H])c([2H])c([2H])c([2H])c3c3c([2H])c([2H])c([2H])c([2H])c32)n1. The van der Waals surface area contributed by atoms with E-state index in [4.69, 9.17) is 35.8 Å². The Kier molecular flexibility index (Phi) is 4.26. The fourth-order valence-corrected chi connectivity index (χ4v) is 7.52. The van der Waals surface area contributed by atoms with E-state index in [1.807, 2.05) is 66.7 Å². The molecule has 12 rings (SSSR count). The molecule has 4 aromatic heterocycles. The minimum atomic E-state index is -0.699. The molecule has 0 N–H and O–H groups in total. The highest BCUT2D eigenvalue weighted by molar-refractivity contribution is 6.10. The van der Waals surface area contributed by atoms with Gasteiger partial charge in [-0.2, -0.15) is 15.0 Å². The molecule has 0 bridgehead atoms. The number of rotatable bonds is 5. The average Bonchev–Trinajstić information content (AvgIpc) is 4.09. The van der Waals surface area contributed by atoms with Crippen LogP contribution in [0.25, 0.3) is 111 Å². The first-order chi connectivity index (χ1) is 34.9. The van der Waals surface area contributed by atoms with Gasteiger partial charge in [0.1, 0.15) is 11.2 Å². The minimum Gasteiger partial charge on any atom is -0.456 e. The number of furan rings is 1. The predicted octanol–water partition coefficient (Wildman–Crippen LogP) is 13.0. The highest BCUT2D eigenvalue weighted by atomic mass is 16.3. The summed E-state index contributed by atoms with van der Waals surface area (Å²) in [6, 6.07) is 18.3. The summed E-state index contributed by atoms with van der Waals surface area (Å²) in [5.74, 6) is -1.08. The Bertz CT molecular complexity index is 4140. The fourth-order valence-electron chi connectivity index (χ4n) is 7.52. The normalized spacial score (nSPS) is 15.8. The molecule has 57 heavy (non-hydrogen) atoms. The lowest BCUT2D eigenvalue weighted by molar-refractivity contribution is 0.669. The van der Waals surface area contributed by atoms with Crippen LogP contribution in [0.15, 0.2) is 192 Å². The molecule has 0 amide bonds. The van der Waals surface area contributed by atoms with Crippen LogP contribution in [0.4, 0.5) is 0 Å². The number of aromatic nitrogens is 5. The van der Waals surface area contributed by atoms with E-state index in [9.17, 15) is 5.48 Å². The van der Waals surface area contributed by atoms with Crippen LogP contribution in [-0.2, 0) is 0 Å². The molecule has 0 atom stereocenters. The van der Waals surface area contributed by atoms with Crippen molar-refractivity contribution in [2.45, 2.75) is 0 Å². The van der Waals surface area contributed by atoms with Gasteiger partial charge in [-0.3, -0.25) is 9.13 Å². The molecule has 0 aliphatic heterocycles. The van der Waals surface area contributed by atoms with Gasteiger partial charge in [0.25, 0.3) is 0 Å². The first-order valence-corrected chi connectivity index (χ1v) is 17.8. The zero-order valence-corrected chi connectivity index (χ0v) is 29.3. The number of benzene rings is 8. The molecule has 4 heterocycles. The van der Waals surface area contributed by atoms with Crippen LogP contribution in [0.2, 0.25) is 0 Å². The second-order valence-corrected chi connectivity index (χ2v) is 13.3. The Morgan fingerprint density at radius 1 is 0.368 bits per heavy atom. The highest BCUT2D eigenvalue weighted by Gasteiger charge is 2.20. The standard InChI is InChI=1S/C51H31N5O/c1-6-19-43-37(14-1)38-15-2-7-20-44(38)55(43)50-52-49(53-51(54-50)56-45-21-8-3-16-39(45)40-17-4-9-22-46(40)56)33-26-24-32(25-27-33)34-12-11-13-35(30-34)36-28-29-42-41-18-5-10-23-47(41)57-48(42)31-36/h1-31H/i1D,2D,3D,4D,6D,7D,8D,9D,14D,15D,16D,17D,19D,20D,21D,22D. The van der Waals surface area contributed by atoms with Crippen molar-refractivity contribution in [3.05, 3.63) is 188 Å². The van der Waals surface area contributed by atoms with Gasteiger partial charge in [-0.05, 0) is 70.7 Å². The largest absolute Gasteiger partial charge is 0.456 e. The molecule has 0 spiro atoms. The number of fused-ring (bicyclic) bond motifs is 9. The third kappa shape index (κ3) is 4.94. The first kappa shape index (κ1) is 19.7. The van der Waals surface area contributed by atoms with Crippen LogP contribution in [0, 0.1) is 0 Å². The topological polar surface area (TPSA) is 61.7 Å². The van der Waals surface area contributed by atoms with E-state index in [0.717, 1.165) is 53.3 Å². The fraction of sp³-hybridized carbons (Fsp3) is 0. The minimum absolute atomic E-state index is 0.146. The van der Waals surface area contributed by atoms with Crippen LogP contribution < -0.4 is 0 Å². The van der Waals surface area contributed by atoms with Gasteiger partial charge >= 0.3 is 0 Å². The van der Waals surface area contributed by atoms with Gasteiger partial charge in [0.2, 0.25) is 11.9 Å². The molecule has 0 unspecified atom stereocenters. The zero-order chi connectivity index (χ0) is 51.4. The van der Waals surface area contributed by atoms with Crippen LogP contribution in [0.1, 0.15) is 21.9 Å². The molecular weight excluding hydrogens is 699 g/mol. The van der Waals surface area contributed by atoms with Gasteiger partial charge in [-0.15, -0.1) is 0 Å². The van der Waals surface area contributed by atoms with E-state index >= 15 is 0 Å². The first-order valence-electron chi connectivity index (χ1n) is 25.8. The van der Waals surface area contributed by atoms with E-state index < -0.39 is 109 Å². The summed E-state index contributed by atoms with van der Waals surface area (Å²) in [6.45, 7) is 0. The second kappa shape index (κ2) is 12.3. The molecule has 0 radical (unpaired) electrons. The van der Waals surface area contributed by atoms with Gasteiger partial charge in [0.05, 0.1) is 44.0 Å². The zero-order valence-electron chi connectivity index (χ0n) is 45.3. The van der Waals surface area contributed by atoms with Crippen LogP contribution >= 0.6 is 0 Å². The number of hydrogen-bond donors (Lipinski definition) is 0. The Morgan fingerprint density at radius 3 is 1.40 bits per heavy atom. The molecule has 8 aromatic carbocycles. The summed E-state index contributed by atoms with van der Waals surface area (Å²) in [6.07, 6.45) is 0. The molecule has 266 valence electrons. The van der Waals surface area contributed by atoms with Gasteiger partial charge in [0, 0.05) is 37.9 Å². The van der Waals surface area contributed by atoms with Crippen molar-refractivity contribution in [3.63, 3.8) is 0 Å². The van der Waals surface area contributed by atoms with Crippen LogP contribution in [-0.4, -0.2) is 24.1 Å². The van der Waals surface area contributed by atoms with Crippen molar-refractivity contribution in [2.24, 2.45) is 0 Å². The summed E-state index contributed by atoms with van der Waals surface area (Å²) >= 11 is 0. The lowest BCUT2D eigenvalue weighted by Crippen LogP contribution is -2.10. The van der Waals surface area contributed by atoms with E-state index in [1.54, 1.807) is 24.3 Å². The Labute approximate surface area is 349 Å². The van der Waals surface area contributed by atoms with Crippen molar-refractivity contribution in [3.8, 4) is 45.5 Å². The van der Waals surface area contributed by atoms with Crippen molar-refractivity contribution < 1.29 is 26.3 Å². The van der Waals surface area contributed by atoms with Crippen molar-refractivity contribution in [1.29, 1.82) is 0 Å². The summed E-state index contributed by atoms with van der Waals surface area (Å²) in [5, 5.41) is 0.958. The van der Waals surface area contributed by atoms with Gasteiger partial charge in [0.15, 0.2) is 5.82 Å². The summed E-state index contributed by atoms with van der Waals surface area (Å²) in [5.41, 5.74) is 4.01. The molecule has 6 nitrogen and oxygen atoms in total. The predicted molar refractivity (Wildman–Crippen MR) is 232 cm³/mol. The molecule has 0 aliphatic rings. The number of hydrogen-bond acceptors (Lipinski definition) is 4. The molecular formula is C51H31N5O. The van der Waals surface area contributed by atoms with E-state index in [2.05, 4.69) is 0 Å². The smallest absolute Gasteiger partial charge is 0.240 e. The average molecular weight is 746 g/mol. The molecule has 12 aromatic rings. The monoisotopic (exact) mass is 745 g/mol. The Morgan fingerprint density at radius 2 is 0.825 bits per heavy atom. The van der Waals surface area contributed by atoms with E-state index in [-0.39, 0.29) is 49.4 Å². The lowest BCUT2D eigenvalue weighted by Gasteiger charge is -2.13. The highest BCUT2D eigenvalue weighted by Crippen LogP contribution is 2.36. The summed E-state index contributed by atoms with van der Waals surface area (Å²) < 4.78 is 150. The second-order valence-electron chi connectivity index (χ2n) is 13.3. The third-order valence-electron chi connectivity index (χ3n) is 10.1. The van der Waals surface area contributed by atoms with Crippen molar-refractivity contribution >= 4 is 65.6 Å². The lowest BCUT2D eigenvalue weighted by atomic mass is 9.97. The van der Waals surface area contributed by atoms with Gasteiger partial charge < -0.3 is 4.42 Å². The number of nitrogens with zero attached hydrogens (tertiary/aromatic N) is 5. The van der Waals surface area contributed by atoms with E-state index in [0.29, 0.717) is 5.56 Å². The van der Waals surface area contributed by atoms with E-state index in [1.165, 1.54) is 0 Å². The maximum absolute atomic E-state index is 9.17. The third-order valence-corrected chi connectivity index (χ3v) is 10.1.